The molecule has 0 saturated heterocycles. The van der Waals surface area contributed by atoms with Crippen LogP contribution >= 0.6 is 11.3 Å². The van der Waals surface area contributed by atoms with Crippen LogP contribution < -0.4 is 31.9 Å². The SMILES string of the molecule is CC.CC.CCC(=O)O.Cc1ccc2ccccc2c1C(=O)NC(Cc1ccc(CS(=O)(=O)O)cc1)C(=O)NCC(=O)NC(CCOOO)C(=O)NCC(=O)NC(CCCC(=O)O)C(=O)NC(C)(C)C.Cc1csc2ccccc12. The Labute approximate surface area is 471 Å². The molecule has 1 heterocycles. The first-order chi connectivity index (χ1) is 37.8. The summed E-state index contributed by atoms with van der Waals surface area (Å²) >= 11 is 1.81. The van der Waals surface area contributed by atoms with Crippen LogP contribution in [0.5, 0.6) is 0 Å². The number of aryl methyl sites for hydroxylation is 2. The summed E-state index contributed by atoms with van der Waals surface area (Å²) in [6.07, 6.45) is -0.364. The van der Waals surface area contributed by atoms with Crippen LogP contribution in [0.15, 0.2) is 90.3 Å². The number of carboxylic acids is 2. The number of carbonyl (C=O) groups excluding carboxylic acids is 6. The fourth-order valence-corrected chi connectivity index (χ4v) is 8.73. The number of fused-ring (bicyclic) bond motifs is 2. The predicted molar refractivity (Wildman–Crippen MR) is 306 cm³/mol. The highest BCUT2D eigenvalue weighted by atomic mass is 32.2. The molecule has 24 heteroatoms. The Kier molecular flexibility index (Phi) is 32.5. The number of aliphatic carboxylic acids is 2. The minimum absolute atomic E-state index is 0.00647. The summed E-state index contributed by atoms with van der Waals surface area (Å²) in [4.78, 5) is 104. The molecule has 0 bridgehead atoms. The number of hydrogen-bond acceptors (Lipinski definition) is 14. The van der Waals surface area contributed by atoms with Crippen molar-refractivity contribution in [3.63, 3.8) is 0 Å². The zero-order valence-electron chi connectivity index (χ0n) is 47.0. The van der Waals surface area contributed by atoms with Crippen LogP contribution in [0.4, 0.5) is 0 Å². The van der Waals surface area contributed by atoms with Crippen molar-refractivity contribution in [2.24, 2.45) is 0 Å². The molecule has 0 aliphatic heterocycles. The lowest BCUT2D eigenvalue weighted by atomic mass is 9.98. The first-order valence-electron chi connectivity index (χ1n) is 25.9. The Morgan fingerprint density at radius 1 is 0.650 bits per heavy atom. The average Bonchev–Trinajstić information content (AvgIpc) is 3.79. The van der Waals surface area contributed by atoms with Gasteiger partial charge in [0.15, 0.2) is 0 Å². The number of carboxylic acid groups (broad SMARTS) is 2. The van der Waals surface area contributed by atoms with Crippen LogP contribution in [0.25, 0.3) is 20.9 Å². The summed E-state index contributed by atoms with van der Waals surface area (Å²) in [5, 5.41) is 49.0. The maximum absolute atomic E-state index is 13.8. The molecule has 0 fully saturated rings. The molecule has 0 radical (unpaired) electrons. The number of amides is 6. The van der Waals surface area contributed by atoms with Crippen molar-refractivity contribution in [3.05, 3.63) is 118 Å². The van der Waals surface area contributed by atoms with Crippen LogP contribution in [0, 0.1) is 13.8 Å². The molecule has 0 saturated carbocycles. The summed E-state index contributed by atoms with van der Waals surface area (Å²) in [6, 6.07) is 21.4. The van der Waals surface area contributed by atoms with Gasteiger partial charge in [0.05, 0.1) is 25.3 Å². The molecule has 440 valence electrons. The smallest absolute Gasteiger partial charge is 0.303 e. The molecule has 3 atom stereocenters. The molecular formula is C56H78N6O16S2. The van der Waals surface area contributed by atoms with Gasteiger partial charge in [-0.2, -0.15) is 8.42 Å². The minimum atomic E-state index is -4.31. The maximum Gasteiger partial charge on any atom is 0.303 e. The first kappa shape index (κ1) is 70.7. The number of thiophene rings is 1. The van der Waals surface area contributed by atoms with E-state index in [2.05, 4.69) is 78.4 Å². The summed E-state index contributed by atoms with van der Waals surface area (Å²) in [7, 11) is -4.31. The van der Waals surface area contributed by atoms with Crippen molar-refractivity contribution < 1.29 is 76.7 Å². The highest BCUT2D eigenvalue weighted by molar-refractivity contribution is 7.85. The van der Waals surface area contributed by atoms with Crippen LogP contribution in [0.3, 0.4) is 0 Å². The molecule has 1 aromatic heterocycles. The van der Waals surface area contributed by atoms with Gasteiger partial charge < -0.3 is 42.1 Å². The van der Waals surface area contributed by atoms with Crippen LogP contribution in [0.2, 0.25) is 0 Å². The zero-order chi connectivity index (χ0) is 60.6. The van der Waals surface area contributed by atoms with Gasteiger partial charge >= 0.3 is 11.9 Å². The van der Waals surface area contributed by atoms with E-state index in [0.717, 1.165) is 5.39 Å². The van der Waals surface area contributed by atoms with Gasteiger partial charge in [0.1, 0.15) is 23.9 Å². The summed E-state index contributed by atoms with van der Waals surface area (Å²) in [6.45, 7) is 16.9. The van der Waals surface area contributed by atoms with E-state index in [-0.39, 0.29) is 44.1 Å². The first-order valence-corrected chi connectivity index (χ1v) is 28.4. The fourth-order valence-electron chi connectivity index (χ4n) is 7.18. The second-order valence-corrected chi connectivity index (χ2v) is 20.7. The third-order valence-electron chi connectivity index (χ3n) is 10.8. The molecule has 4 aromatic carbocycles. The molecule has 0 spiro atoms. The second-order valence-electron chi connectivity index (χ2n) is 18.3. The average molecular weight is 1160 g/mol. The van der Waals surface area contributed by atoms with Crippen molar-refractivity contribution in [1.82, 2.24) is 31.9 Å². The van der Waals surface area contributed by atoms with Gasteiger partial charge in [-0.25, -0.2) is 10.1 Å². The van der Waals surface area contributed by atoms with E-state index in [1.165, 1.54) is 39.9 Å². The number of nitrogens with one attached hydrogen (secondary N) is 6. The van der Waals surface area contributed by atoms with Gasteiger partial charge in [-0.3, -0.25) is 42.9 Å². The Bertz CT molecular complexity index is 2910. The topological polar surface area (TPSA) is 342 Å². The van der Waals surface area contributed by atoms with E-state index in [1.54, 1.807) is 52.8 Å². The van der Waals surface area contributed by atoms with E-state index in [0.29, 0.717) is 22.1 Å². The van der Waals surface area contributed by atoms with Gasteiger partial charge in [0.2, 0.25) is 29.5 Å². The third-order valence-corrected chi connectivity index (χ3v) is 12.6. The van der Waals surface area contributed by atoms with Crippen molar-refractivity contribution in [2.75, 3.05) is 19.7 Å². The number of rotatable bonds is 24. The van der Waals surface area contributed by atoms with Gasteiger partial charge in [0.25, 0.3) is 16.0 Å². The van der Waals surface area contributed by atoms with E-state index < -0.39 is 107 Å². The van der Waals surface area contributed by atoms with E-state index >= 15 is 0 Å². The fraction of sp³-hybridized carbons (Fsp3) is 0.429. The third kappa shape index (κ3) is 27.5. The molecule has 3 unspecified atom stereocenters. The molecule has 0 aliphatic carbocycles. The zero-order valence-corrected chi connectivity index (χ0v) is 48.6. The van der Waals surface area contributed by atoms with Crippen molar-refractivity contribution in [1.29, 1.82) is 0 Å². The lowest BCUT2D eigenvalue weighted by Gasteiger charge is -2.25. The Morgan fingerprint density at radius 2 is 1.18 bits per heavy atom. The monoisotopic (exact) mass is 1150 g/mol. The molecule has 10 N–H and O–H groups in total. The number of hydrogen-bond donors (Lipinski definition) is 10. The Morgan fingerprint density at radius 3 is 1.70 bits per heavy atom. The number of carbonyl (C=O) groups is 8. The van der Waals surface area contributed by atoms with Gasteiger partial charge in [-0.05, 0) is 97.3 Å². The lowest BCUT2D eigenvalue weighted by molar-refractivity contribution is -0.490. The summed E-state index contributed by atoms with van der Waals surface area (Å²) < 4.78 is 33.3. The summed E-state index contributed by atoms with van der Waals surface area (Å²) in [5.74, 6) is -7.00. The van der Waals surface area contributed by atoms with Crippen molar-refractivity contribution in [2.45, 2.75) is 137 Å². The van der Waals surface area contributed by atoms with Crippen molar-refractivity contribution >= 4 is 89.7 Å². The van der Waals surface area contributed by atoms with Gasteiger partial charge in [-0.15, -0.1) is 11.3 Å². The van der Waals surface area contributed by atoms with Gasteiger partial charge in [0, 0.05) is 35.9 Å². The molecule has 5 rings (SSSR count). The lowest BCUT2D eigenvalue weighted by Crippen LogP contribution is -2.55. The van der Waals surface area contributed by atoms with Gasteiger partial charge in [-0.1, -0.05) is 119 Å². The highest BCUT2D eigenvalue weighted by Gasteiger charge is 2.28. The van der Waals surface area contributed by atoms with E-state index in [9.17, 15) is 51.3 Å². The molecule has 80 heavy (non-hydrogen) atoms. The molecule has 0 aliphatic rings. The van der Waals surface area contributed by atoms with Crippen molar-refractivity contribution in [3.8, 4) is 0 Å². The largest absolute Gasteiger partial charge is 0.481 e. The quantitative estimate of drug-likeness (QED) is 0.0131. The predicted octanol–water partition coefficient (Wildman–Crippen LogP) is 6.80. The Balaban J connectivity index is 0.00000142. The standard InChI is InChI=1S/C40H52N6O14S.C9H8S.C3H6O2.2C2H6/c1-24-12-17-27-8-5-6-9-28(27)35(24)39(54)45-31(20-25-13-15-26(16-14-25)23-61(56,57)58)37(52)42-22-33(48)44-30(18-19-59-60-55)36(51)41-21-32(47)43-29(10-7-11-34(49)50)38(53)46-40(2,3)4;1-7-6-10-9-5-3-2-4-8(7)9;1-2-3(4)5;2*1-2/h5-6,8-9,12-17,29-31,55H,7,10-11,18-23H2,1-4H3,(H,41,51)(H,42,52)(H,43,47)(H,44,48)(H,45,54)(H,46,53)(H,49,50)(H,56,57,58);2-6H,1H3;2H2,1H3,(H,4,5);2*1-2H3. The highest BCUT2D eigenvalue weighted by Crippen LogP contribution is 2.25. The number of benzene rings is 4. The van der Waals surface area contributed by atoms with E-state index in [1.807, 2.05) is 57.2 Å². The second kappa shape index (κ2) is 36.7. The molecule has 6 amide bonds. The molecular weight excluding hydrogens is 1080 g/mol. The summed E-state index contributed by atoms with van der Waals surface area (Å²) in [5.41, 5.74) is 2.43. The van der Waals surface area contributed by atoms with E-state index in [4.69, 9.17) is 15.5 Å². The Hall–Kier alpha value is -7.35. The molecule has 22 nitrogen and oxygen atoms in total. The van der Waals surface area contributed by atoms with Crippen LogP contribution in [0.1, 0.15) is 120 Å². The minimum Gasteiger partial charge on any atom is -0.481 e. The normalized spacial score (nSPS) is 11.8. The maximum atomic E-state index is 13.8. The van der Waals surface area contributed by atoms with Crippen LogP contribution in [-0.4, -0.2) is 119 Å². The van der Waals surface area contributed by atoms with Crippen LogP contribution in [-0.2, 0) is 65.8 Å². The molecule has 5 aromatic rings.